The van der Waals surface area contributed by atoms with Crippen LogP contribution in [0.4, 0.5) is 0 Å². The number of H-pyrrole nitrogens is 1. The molecule has 1 aromatic carbocycles. The lowest BCUT2D eigenvalue weighted by Gasteiger charge is -2.15. The molecule has 112 valence electrons. The predicted octanol–water partition coefficient (Wildman–Crippen LogP) is 2.60. The van der Waals surface area contributed by atoms with Crippen LogP contribution in [0.1, 0.15) is 22.1 Å². The van der Waals surface area contributed by atoms with Crippen LogP contribution in [0.3, 0.4) is 0 Å². The van der Waals surface area contributed by atoms with Crippen LogP contribution in [0, 0.1) is 0 Å². The molecule has 0 saturated carbocycles. The molecule has 22 heavy (non-hydrogen) atoms. The Kier molecular flexibility index (Phi) is 4.32. The van der Waals surface area contributed by atoms with Gasteiger partial charge in [-0.2, -0.15) is 16.4 Å². The van der Waals surface area contributed by atoms with Crippen LogP contribution >= 0.6 is 11.3 Å². The first-order valence-corrected chi connectivity index (χ1v) is 7.77. The molecular formula is C16H15N3O2S. The Labute approximate surface area is 131 Å². The second-order valence-corrected chi connectivity index (χ2v) is 5.58. The Morgan fingerprint density at radius 3 is 2.82 bits per heavy atom. The molecule has 3 aromatic rings. The molecule has 1 amide bonds. The van der Waals surface area contributed by atoms with Gasteiger partial charge in [-0.05, 0) is 23.1 Å². The van der Waals surface area contributed by atoms with Gasteiger partial charge < -0.3 is 10.4 Å². The molecule has 0 aliphatic carbocycles. The molecule has 0 aliphatic heterocycles. The van der Waals surface area contributed by atoms with Gasteiger partial charge in [0, 0.05) is 10.9 Å². The highest BCUT2D eigenvalue weighted by atomic mass is 32.1. The molecule has 6 heteroatoms. The number of hydrogen-bond donors (Lipinski definition) is 3. The van der Waals surface area contributed by atoms with Gasteiger partial charge in [0.05, 0.1) is 18.3 Å². The molecule has 5 nitrogen and oxygen atoms in total. The van der Waals surface area contributed by atoms with Crippen molar-refractivity contribution in [3.8, 4) is 11.3 Å². The first-order chi connectivity index (χ1) is 10.8. The van der Waals surface area contributed by atoms with Crippen molar-refractivity contribution < 1.29 is 9.90 Å². The molecule has 0 bridgehead atoms. The van der Waals surface area contributed by atoms with Crippen molar-refractivity contribution >= 4 is 17.2 Å². The van der Waals surface area contributed by atoms with Crippen LogP contribution < -0.4 is 5.32 Å². The quantitative estimate of drug-likeness (QED) is 0.677. The Bertz CT molecular complexity index is 738. The molecule has 2 heterocycles. The van der Waals surface area contributed by atoms with E-state index in [0.29, 0.717) is 5.69 Å². The maximum absolute atomic E-state index is 12.3. The largest absolute Gasteiger partial charge is 0.394 e. The van der Waals surface area contributed by atoms with Gasteiger partial charge in [0.2, 0.25) is 0 Å². The summed E-state index contributed by atoms with van der Waals surface area (Å²) in [6, 6.07) is 12.6. The third kappa shape index (κ3) is 3.08. The maximum Gasteiger partial charge on any atom is 0.269 e. The molecule has 0 spiro atoms. The third-order valence-electron chi connectivity index (χ3n) is 3.33. The van der Waals surface area contributed by atoms with E-state index < -0.39 is 6.04 Å². The Morgan fingerprint density at radius 2 is 2.14 bits per heavy atom. The lowest BCUT2D eigenvalue weighted by atomic mass is 10.1. The van der Waals surface area contributed by atoms with Crippen LogP contribution in [0.25, 0.3) is 11.3 Å². The average Bonchev–Trinajstić information content (AvgIpc) is 3.23. The van der Waals surface area contributed by atoms with Crippen LogP contribution in [0.2, 0.25) is 0 Å². The van der Waals surface area contributed by atoms with E-state index in [9.17, 15) is 9.90 Å². The number of nitrogens with one attached hydrogen (secondary N) is 2. The van der Waals surface area contributed by atoms with Gasteiger partial charge in [-0.1, -0.05) is 30.3 Å². The number of thiophene rings is 1. The number of carbonyl (C=O) groups excluding carboxylic acids is 1. The fraction of sp³-hybridized carbons (Fsp3) is 0.125. The van der Waals surface area contributed by atoms with Gasteiger partial charge in [0.25, 0.3) is 5.91 Å². The van der Waals surface area contributed by atoms with Crippen molar-refractivity contribution in [3.05, 3.63) is 64.5 Å². The topological polar surface area (TPSA) is 78.0 Å². The number of amides is 1. The lowest BCUT2D eigenvalue weighted by Crippen LogP contribution is -2.31. The van der Waals surface area contributed by atoms with Crippen molar-refractivity contribution in [2.75, 3.05) is 6.61 Å². The van der Waals surface area contributed by atoms with Crippen molar-refractivity contribution in [1.29, 1.82) is 0 Å². The van der Waals surface area contributed by atoms with Gasteiger partial charge >= 0.3 is 0 Å². The van der Waals surface area contributed by atoms with E-state index in [1.54, 1.807) is 17.4 Å². The summed E-state index contributed by atoms with van der Waals surface area (Å²) in [6.45, 7) is -0.165. The Morgan fingerprint density at radius 1 is 1.32 bits per heavy atom. The Balaban J connectivity index is 1.74. The predicted molar refractivity (Wildman–Crippen MR) is 85.6 cm³/mol. The second-order valence-electron chi connectivity index (χ2n) is 4.80. The van der Waals surface area contributed by atoms with Gasteiger partial charge in [-0.3, -0.25) is 9.89 Å². The molecule has 1 atom stereocenters. The smallest absolute Gasteiger partial charge is 0.269 e. The zero-order valence-corrected chi connectivity index (χ0v) is 12.5. The van der Waals surface area contributed by atoms with Crippen LogP contribution in [0.5, 0.6) is 0 Å². The summed E-state index contributed by atoms with van der Waals surface area (Å²) in [5.74, 6) is -0.295. The number of aliphatic hydroxyl groups is 1. The van der Waals surface area contributed by atoms with Crippen LogP contribution in [-0.2, 0) is 0 Å². The number of carbonyl (C=O) groups is 1. The first-order valence-electron chi connectivity index (χ1n) is 6.82. The second kappa shape index (κ2) is 6.55. The summed E-state index contributed by atoms with van der Waals surface area (Å²) in [7, 11) is 0. The fourth-order valence-electron chi connectivity index (χ4n) is 2.15. The van der Waals surface area contributed by atoms with E-state index >= 15 is 0 Å². The molecule has 3 rings (SSSR count). The zero-order chi connectivity index (χ0) is 15.4. The van der Waals surface area contributed by atoms with E-state index in [2.05, 4.69) is 15.5 Å². The summed E-state index contributed by atoms with van der Waals surface area (Å²) < 4.78 is 0. The number of rotatable bonds is 5. The third-order valence-corrected chi connectivity index (χ3v) is 4.01. The number of hydrogen-bond acceptors (Lipinski definition) is 4. The highest BCUT2D eigenvalue weighted by Gasteiger charge is 2.17. The number of benzene rings is 1. The Hall–Kier alpha value is -2.44. The average molecular weight is 313 g/mol. The van der Waals surface area contributed by atoms with Gasteiger partial charge in [0.15, 0.2) is 0 Å². The van der Waals surface area contributed by atoms with Gasteiger partial charge in [0.1, 0.15) is 5.69 Å². The monoisotopic (exact) mass is 313 g/mol. The minimum absolute atomic E-state index is 0.165. The minimum Gasteiger partial charge on any atom is -0.394 e. The van der Waals surface area contributed by atoms with E-state index in [1.165, 1.54) is 0 Å². The van der Waals surface area contributed by atoms with E-state index in [-0.39, 0.29) is 12.5 Å². The van der Waals surface area contributed by atoms with Crippen LogP contribution in [-0.4, -0.2) is 27.8 Å². The molecule has 3 N–H and O–H groups in total. The summed E-state index contributed by atoms with van der Waals surface area (Å²) in [5, 5.41) is 23.1. The highest BCUT2D eigenvalue weighted by molar-refractivity contribution is 7.08. The number of aliphatic hydroxyl groups excluding tert-OH is 1. The number of aromatic nitrogens is 2. The molecule has 0 aliphatic rings. The normalized spacial score (nSPS) is 12.0. The minimum atomic E-state index is -0.443. The van der Waals surface area contributed by atoms with Crippen LogP contribution in [0.15, 0.2) is 53.2 Å². The molecule has 0 unspecified atom stereocenters. The van der Waals surface area contributed by atoms with Crippen molar-refractivity contribution in [1.82, 2.24) is 15.5 Å². The summed E-state index contributed by atoms with van der Waals surface area (Å²) >= 11 is 1.58. The SMILES string of the molecule is O=C(N[C@H](CO)c1ccccc1)c1cc(-c2ccsc2)n[nH]1. The fourth-order valence-corrected chi connectivity index (χ4v) is 2.80. The molecule has 0 fully saturated rings. The summed E-state index contributed by atoms with van der Waals surface area (Å²) in [6.07, 6.45) is 0. The lowest BCUT2D eigenvalue weighted by molar-refractivity contribution is 0.0911. The number of aromatic amines is 1. The highest BCUT2D eigenvalue weighted by Crippen LogP contribution is 2.20. The van der Waals surface area contributed by atoms with Crippen molar-refractivity contribution in [2.24, 2.45) is 0 Å². The molecule has 0 saturated heterocycles. The zero-order valence-electron chi connectivity index (χ0n) is 11.7. The first kappa shape index (κ1) is 14.5. The van der Waals surface area contributed by atoms with Crippen molar-refractivity contribution in [2.45, 2.75) is 6.04 Å². The molecule has 0 radical (unpaired) electrons. The van der Waals surface area contributed by atoms with Crippen molar-refractivity contribution in [3.63, 3.8) is 0 Å². The molecule has 2 aromatic heterocycles. The standard InChI is InChI=1S/C16H15N3O2S/c20-9-15(11-4-2-1-3-5-11)17-16(21)14-8-13(18-19-14)12-6-7-22-10-12/h1-8,10,15,20H,9H2,(H,17,21)(H,18,19)/t15-/m1/s1. The van der Waals surface area contributed by atoms with Gasteiger partial charge in [-0.15, -0.1) is 0 Å². The summed E-state index contributed by atoms with van der Waals surface area (Å²) in [4.78, 5) is 12.3. The van der Waals surface area contributed by atoms with E-state index in [0.717, 1.165) is 16.8 Å². The van der Waals surface area contributed by atoms with E-state index in [4.69, 9.17) is 0 Å². The number of nitrogens with zero attached hydrogens (tertiary/aromatic N) is 1. The molecular weight excluding hydrogens is 298 g/mol. The van der Waals surface area contributed by atoms with E-state index in [1.807, 2.05) is 47.2 Å². The maximum atomic E-state index is 12.3. The summed E-state index contributed by atoms with van der Waals surface area (Å²) in [5.41, 5.74) is 2.93. The van der Waals surface area contributed by atoms with Gasteiger partial charge in [-0.25, -0.2) is 0 Å².